The molecule has 150 valence electrons. The summed E-state index contributed by atoms with van der Waals surface area (Å²) in [5.74, 6) is -0.931. The number of piperazine rings is 1. The molecule has 0 atom stereocenters. The van der Waals surface area contributed by atoms with E-state index in [2.05, 4.69) is 4.98 Å². The number of halogens is 1. The zero-order valence-corrected chi connectivity index (χ0v) is 16.7. The van der Waals surface area contributed by atoms with E-state index in [1.165, 1.54) is 22.5 Å². The number of carbonyl (C=O) groups excluding carboxylic acids is 1. The first-order chi connectivity index (χ1) is 13.9. The van der Waals surface area contributed by atoms with Crippen molar-refractivity contribution in [3.63, 3.8) is 0 Å². The standard InChI is InChI=1S/C21H20FN3O3S/c1-15-14-17(16-6-2-4-8-19(16)23-15)21(26)24-10-12-25(13-11-24)29(27,28)20-9-5-3-7-18(20)22/h2-9,14H,10-13H2,1H3. The van der Waals surface area contributed by atoms with Gasteiger partial charge < -0.3 is 4.90 Å². The van der Waals surface area contributed by atoms with Gasteiger partial charge in [-0.1, -0.05) is 30.3 Å². The van der Waals surface area contributed by atoms with Gasteiger partial charge in [0.25, 0.3) is 5.91 Å². The average molecular weight is 413 g/mol. The highest BCUT2D eigenvalue weighted by Gasteiger charge is 2.32. The van der Waals surface area contributed by atoms with Crippen molar-refractivity contribution in [2.24, 2.45) is 0 Å². The summed E-state index contributed by atoms with van der Waals surface area (Å²) in [6, 6.07) is 14.5. The molecular formula is C21H20FN3O3S. The van der Waals surface area contributed by atoms with Gasteiger partial charge in [0.2, 0.25) is 10.0 Å². The maximum absolute atomic E-state index is 14.0. The number of hydrogen-bond donors (Lipinski definition) is 0. The van der Waals surface area contributed by atoms with Crippen molar-refractivity contribution in [2.75, 3.05) is 26.2 Å². The molecule has 3 aromatic rings. The van der Waals surface area contributed by atoms with Gasteiger partial charge in [-0.3, -0.25) is 9.78 Å². The second kappa shape index (κ2) is 7.53. The Morgan fingerprint density at radius 2 is 1.66 bits per heavy atom. The van der Waals surface area contributed by atoms with Crippen LogP contribution in [-0.2, 0) is 10.0 Å². The summed E-state index contributed by atoms with van der Waals surface area (Å²) < 4.78 is 40.7. The van der Waals surface area contributed by atoms with Gasteiger partial charge in [0.15, 0.2) is 0 Å². The van der Waals surface area contributed by atoms with Crippen LogP contribution in [0.25, 0.3) is 10.9 Å². The van der Waals surface area contributed by atoms with E-state index >= 15 is 0 Å². The largest absolute Gasteiger partial charge is 0.336 e. The van der Waals surface area contributed by atoms with Crippen LogP contribution in [0.2, 0.25) is 0 Å². The van der Waals surface area contributed by atoms with Crippen LogP contribution in [0.3, 0.4) is 0 Å². The lowest BCUT2D eigenvalue weighted by atomic mass is 10.1. The Kier molecular flexibility index (Phi) is 5.06. The minimum atomic E-state index is -3.94. The molecule has 0 N–H and O–H groups in total. The molecule has 4 rings (SSSR count). The lowest BCUT2D eigenvalue weighted by Crippen LogP contribution is -2.50. The Morgan fingerprint density at radius 1 is 1.00 bits per heavy atom. The quantitative estimate of drug-likeness (QED) is 0.662. The first kappa shape index (κ1) is 19.5. The Bertz CT molecular complexity index is 1190. The van der Waals surface area contributed by atoms with Gasteiger partial charge in [0, 0.05) is 37.3 Å². The number of rotatable bonds is 3. The summed E-state index contributed by atoms with van der Waals surface area (Å²) in [6.45, 7) is 2.54. The molecule has 1 amide bonds. The molecule has 0 saturated carbocycles. The number of sulfonamides is 1. The van der Waals surface area contributed by atoms with E-state index in [1.54, 1.807) is 11.0 Å². The molecule has 6 nitrogen and oxygen atoms in total. The van der Waals surface area contributed by atoms with Crippen molar-refractivity contribution < 1.29 is 17.6 Å². The highest BCUT2D eigenvalue weighted by atomic mass is 32.2. The van der Waals surface area contributed by atoms with Gasteiger partial charge in [0.1, 0.15) is 10.7 Å². The molecule has 1 saturated heterocycles. The van der Waals surface area contributed by atoms with Gasteiger partial charge in [-0.2, -0.15) is 4.31 Å². The number of para-hydroxylation sites is 1. The maximum Gasteiger partial charge on any atom is 0.254 e. The van der Waals surface area contributed by atoms with Crippen LogP contribution in [0.1, 0.15) is 16.1 Å². The molecular weight excluding hydrogens is 393 g/mol. The fraction of sp³-hybridized carbons (Fsp3) is 0.238. The number of pyridine rings is 1. The number of hydrogen-bond acceptors (Lipinski definition) is 4. The van der Waals surface area contributed by atoms with Crippen molar-refractivity contribution in [1.29, 1.82) is 0 Å². The predicted molar refractivity (Wildman–Crippen MR) is 108 cm³/mol. The molecule has 8 heteroatoms. The second-order valence-corrected chi connectivity index (χ2v) is 8.86. The summed E-state index contributed by atoms with van der Waals surface area (Å²) in [4.78, 5) is 18.9. The van der Waals surface area contributed by atoms with E-state index in [1.807, 2.05) is 31.2 Å². The number of benzene rings is 2. The van der Waals surface area contributed by atoms with Crippen LogP contribution >= 0.6 is 0 Å². The van der Waals surface area contributed by atoms with Gasteiger partial charge in [0.05, 0.1) is 11.1 Å². The highest BCUT2D eigenvalue weighted by Crippen LogP contribution is 2.23. The lowest BCUT2D eigenvalue weighted by molar-refractivity contribution is 0.0699. The van der Waals surface area contributed by atoms with Crippen LogP contribution in [0.5, 0.6) is 0 Å². The van der Waals surface area contributed by atoms with E-state index in [9.17, 15) is 17.6 Å². The number of amides is 1. The third kappa shape index (κ3) is 3.61. The monoisotopic (exact) mass is 413 g/mol. The summed E-state index contributed by atoms with van der Waals surface area (Å²) >= 11 is 0. The van der Waals surface area contributed by atoms with Crippen molar-refractivity contribution in [1.82, 2.24) is 14.2 Å². The molecule has 2 aromatic carbocycles. The zero-order chi connectivity index (χ0) is 20.6. The van der Waals surface area contributed by atoms with Crippen LogP contribution in [-0.4, -0.2) is 54.7 Å². The van der Waals surface area contributed by atoms with Gasteiger partial charge in [-0.25, -0.2) is 12.8 Å². The van der Waals surface area contributed by atoms with Crippen LogP contribution < -0.4 is 0 Å². The minimum absolute atomic E-state index is 0.115. The van der Waals surface area contributed by atoms with Gasteiger partial charge in [-0.15, -0.1) is 0 Å². The molecule has 1 aliphatic heterocycles. The molecule has 0 unspecified atom stereocenters. The average Bonchev–Trinajstić information content (AvgIpc) is 2.73. The number of carbonyl (C=O) groups is 1. The Labute approximate surface area is 168 Å². The van der Waals surface area contributed by atoms with Crippen molar-refractivity contribution in [3.8, 4) is 0 Å². The molecule has 0 bridgehead atoms. The van der Waals surface area contributed by atoms with Crippen molar-refractivity contribution >= 4 is 26.8 Å². The van der Waals surface area contributed by atoms with Crippen molar-refractivity contribution in [3.05, 3.63) is 71.7 Å². The third-order valence-electron chi connectivity index (χ3n) is 5.05. The Hall–Kier alpha value is -2.84. The first-order valence-corrected chi connectivity index (χ1v) is 10.7. The van der Waals surface area contributed by atoms with Gasteiger partial charge in [-0.05, 0) is 31.2 Å². The van der Waals surface area contributed by atoms with E-state index < -0.39 is 15.8 Å². The fourth-order valence-electron chi connectivity index (χ4n) is 3.58. The van der Waals surface area contributed by atoms with E-state index in [-0.39, 0.29) is 37.0 Å². The van der Waals surface area contributed by atoms with Crippen molar-refractivity contribution in [2.45, 2.75) is 11.8 Å². The molecule has 0 spiro atoms. The second-order valence-electron chi connectivity index (χ2n) is 6.96. The van der Waals surface area contributed by atoms with E-state index in [0.717, 1.165) is 22.7 Å². The first-order valence-electron chi connectivity index (χ1n) is 9.28. The predicted octanol–water partition coefficient (Wildman–Crippen LogP) is 2.83. The smallest absolute Gasteiger partial charge is 0.254 e. The summed E-state index contributed by atoms with van der Waals surface area (Å²) in [6.07, 6.45) is 0. The molecule has 1 fully saturated rings. The van der Waals surface area contributed by atoms with Crippen LogP contribution in [0, 0.1) is 12.7 Å². The Morgan fingerprint density at radius 3 is 2.38 bits per heavy atom. The molecule has 1 aromatic heterocycles. The molecule has 0 radical (unpaired) electrons. The minimum Gasteiger partial charge on any atom is -0.336 e. The third-order valence-corrected chi connectivity index (χ3v) is 6.99. The summed E-state index contributed by atoms with van der Waals surface area (Å²) in [5.41, 5.74) is 2.04. The Balaban J connectivity index is 1.55. The molecule has 2 heterocycles. The molecule has 0 aliphatic carbocycles. The number of nitrogens with zero attached hydrogens (tertiary/aromatic N) is 3. The van der Waals surface area contributed by atoms with Crippen LogP contribution in [0.4, 0.5) is 4.39 Å². The van der Waals surface area contributed by atoms with E-state index in [0.29, 0.717) is 5.56 Å². The molecule has 1 aliphatic rings. The van der Waals surface area contributed by atoms with E-state index in [4.69, 9.17) is 0 Å². The lowest BCUT2D eigenvalue weighted by Gasteiger charge is -2.34. The molecule has 29 heavy (non-hydrogen) atoms. The maximum atomic E-state index is 14.0. The summed E-state index contributed by atoms with van der Waals surface area (Å²) in [7, 11) is -3.94. The normalized spacial score (nSPS) is 15.6. The highest BCUT2D eigenvalue weighted by molar-refractivity contribution is 7.89. The number of aromatic nitrogens is 1. The van der Waals surface area contributed by atoms with Gasteiger partial charge >= 0.3 is 0 Å². The summed E-state index contributed by atoms with van der Waals surface area (Å²) in [5, 5.41) is 0.768. The topological polar surface area (TPSA) is 70.6 Å². The van der Waals surface area contributed by atoms with Crippen LogP contribution in [0.15, 0.2) is 59.5 Å². The number of fused-ring (bicyclic) bond motifs is 1. The zero-order valence-electron chi connectivity index (χ0n) is 15.9. The fourth-order valence-corrected chi connectivity index (χ4v) is 5.07. The SMILES string of the molecule is Cc1cc(C(=O)N2CCN(S(=O)(=O)c3ccccc3F)CC2)c2ccccc2n1. The number of aryl methyl sites for hydroxylation is 1.